The van der Waals surface area contributed by atoms with Crippen molar-refractivity contribution in [2.75, 3.05) is 0 Å². The Balaban J connectivity index is 2.29. The van der Waals surface area contributed by atoms with E-state index in [2.05, 4.69) is 26.1 Å². The smallest absolute Gasteiger partial charge is 0.00817 e. The molecule has 7 heavy (non-hydrogen) atoms. The van der Waals surface area contributed by atoms with Gasteiger partial charge in [0, 0.05) is 12.1 Å². The molecule has 2 atom stereocenters. The molecule has 1 heterocycles. The average Bonchev–Trinajstić information content (AvgIpc) is 1.68. The molecule has 0 aromatic heterocycles. The van der Waals surface area contributed by atoms with Gasteiger partial charge in [0.05, 0.1) is 0 Å². The molecule has 1 N–H and O–H groups in total. The van der Waals surface area contributed by atoms with E-state index < -0.39 is 0 Å². The summed E-state index contributed by atoms with van der Waals surface area (Å²) in [4.78, 5) is 0. The summed E-state index contributed by atoms with van der Waals surface area (Å²) < 4.78 is 0. The molecule has 1 rings (SSSR count). The molecule has 0 aromatic carbocycles. The monoisotopic (exact) mass is 99.1 g/mol. The van der Waals surface area contributed by atoms with Gasteiger partial charge in [-0.3, -0.25) is 0 Å². The second kappa shape index (κ2) is 1.48. The largest absolute Gasteiger partial charge is 0.311 e. The van der Waals surface area contributed by atoms with Crippen LogP contribution in [-0.4, -0.2) is 12.1 Å². The summed E-state index contributed by atoms with van der Waals surface area (Å²) in [6, 6.07) is 1.52. The standard InChI is InChI=1S/C6H13N/c1-4-5(2)7-6(4)3/h4-7H,1-3H3. The van der Waals surface area contributed by atoms with Gasteiger partial charge in [0.2, 0.25) is 0 Å². The van der Waals surface area contributed by atoms with Crippen LogP contribution in [0, 0.1) is 5.92 Å². The maximum Gasteiger partial charge on any atom is 0.00817 e. The normalized spacial score (nSPS) is 51.0. The summed E-state index contributed by atoms with van der Waals surface area (Å²) in [5.41, 5.74) is 0. The van der Waals surface area contributed by atoms with Gasteiger partial charge < -0.3 is 5.32 Å². The van der Waals surface area contributed by atoms with Gasteiger partial charge in [0.25, 0.3) is 0 Å². The zero-order chi connectivity index (χ0) is 5.44. The topological polar surface area (TPSA) is 12.0 Å². The lowest BCUT2D eigenvalue weighted by molar-refractivity contribution is 0.190. The predicted molar refractivity (Wildman–Crippen MR) is 31.2 cm³/mol. The van der Waals surface area contributed by atoms with Crippen LogP contribution < -0.4 is 5.32 Å². The van der Waals surface area contributed by atoms with Crippen molar-refractivity contribution in [2.45, 2.75) is 32.9 Å². The maximum atomic E-state index is 3.36. The Labute approximate surface area is 45.1 Å². The molecule has 1 heteroatoms. The second-order valence-corrected chi connectivity index (χ2v) is 2.60. The molecule has 0 bridgehead atoms. The number of hydrogen-bond acceptors (Lipinski definition) is 1. The molecule has 1 aliphatic rings. The van der Waals surface area contributed by atoms with Crippen LogP contribution in [0.1, 0.15) is 20.8 Å². The SMILES string of the molecule is CC1NC(C)C1C. The highest BCUT2D eigenvalue weighted by Gasteiger charge is 2.28. The fourth-order valence-electron chi connectivity index (χ4n) is 1.03. The molecule has 1 fully saturated rings. The molecule has 1 saturated heterocycles. The van der Waals surface area contributed by atoms with E-state index in [0.717, 1.165) is 18.0 Å². The van der Waals surface area contributed by atoms with E-state index in [4.69, 9.17) is 0 Å². The first-order chi connectivity index (χ1) is 3.22. The van der Waals surface area contributed by atoms with Gasteiger partial charge in [0.1, 0.15) is 0 Å². The first-order valence-corrected chi connectivity index (χ1v) is 2.98. The second-order valence-electron chi connectivity index (χ2n) is 2.60. The highest BCUT2D eigenvalue weighted by atomic mass is 15.0. The Kier molecular flexibility index (Phi) is 1.08. The third-order valence-corrected chi connectivity index (χ3v) is 2.10. The number of hydrogen-bond donors (Lipinski definition) is 1. The highest BCUT2D eigenvalue weighted by molar-refractivity contribution is 4.88. The zero-order valence-corrected chi connectivity index (χ0v) is 5.23. The van der Waals surface area contributed by atoms with Gasteiger partial charge >= 0.3 is 0 Å². The number of nitrogens with one attached hydrogen (secondary N) is 1. The van der Waals surface area contributed by atoms with Crippen LogP contribution in [0.2, 0.25) is 0 Å². The molecule has 0 aromatic rings. The van der Waals surface area contributed by atoms with E-state index in [0.29, 0.717) is 0 Å². The van der Waals surface area contributed by atoms with Crippen molar-refractivity contribution >= 4 is 0 Å². The maximum absolute atomic E-state index is 3.36. The molecule has 0 radical (unpaired) electrons. The van der Waals surface area contributed by atoms with Crippen molar-refractivity contribution in [3.8, 4) is 0 Å². The van der Waals surface area contributed by atoms with E-state index in [1.807, 2.05) is 0 Å². The van der Waals surface area contributed by atoms with E-state index in [1.54, 1.807) is 0 Å². The van der Waals surface area contributed by atoms with Crippen LogP contribution in [-0.2, 0) is 0 Å². The van der Waals surface area contributed by atoms with Gasteiger partial charge in [-0.1, -0.05) is 6.92 Å². The molecular weight excluding hydrogens is 86.1 g/mol. The van der Waals surface area contributed by atoms with Gasteiger partial charge in [-0.25, -0.2) is 0 Å². The summed E-state index contributed by atoms with van der Waals surface area (Å²) in [6.07, 6.45) is 0. The Morgan fingerprint density at radius 3 is 1.43 bits per heavy atom. The van der Waals surface area contributed by atoms with Crippen LogP contribution >= 0.6 is 0 Å². The van der Waals surface area contributed by atoms with Gasteiger partial charge in [-0.05, 0) is 19.8 Å². The van der Waals surface area contributed by atoms with E-state index in [-0.39, 0.29) is 0 Å². The fraction of sp³-hybridized carbons (Fsp3) is 1.00. The zero-order valence-electron chi connectivity index (χ0n) is 5.23. The molecule has 0 spiro atoms. The molecule has 1 aliphatic heterocycles. The first-order valence-electron chi connectivity index (χ1n) is 2.98. The predicted octanol–water partition coefficient (Wildman–Crippen LogP) is 1.00. The number of rotatable bonds is 0. The van der Waals surface area contributed by atoms with Crippen LogP contribution in [0.15, 0.2) is 0 Å². The van der Waals surface area contributed by atoms with Gasteiger partial charge in [-0.15, -0.1) is 0 Å². The van der Waals surface area contributed by atoms with E-state index >= 15 is 0 Å². The summed E-state index contributed by atoms with van der Waals surface area (Å²) >= 11 is 0. The summed E-state index contributed by atoms with van der Waals surface area (Å²) in [5, 5.41) is 3.36. The quantitative estimate of drug-likeness (QED) is 0.478. The first kappa shape index (κ1) is 5.10. The molecule has 2 unspecified atom stereocenters. The molecule has 0 saturated carbocycles. The third kappa shape index (κ3) is 0.653. The van der Waals surface area contributed by atoms with Crippen molar-refractivity contribution in [3.05, 3.63) is 0 Å². The van der Waals surface area contributed by atoms with Gasteiger partial charge in [0.15, 0.2) is 0 Å². The van der Waals surface area contributed by atoms with Crippen LogP contribution in [0.25, 0.3) is 0 Å². The molecule has 1 nitrogen and oxygen atoms in total. The lowest BCUT2D eigenvalue weighted by Gasteiger charge is -2.40. The van der Waals surface area contributed by atoms with Crippen molar-refractivity contribution in [1.82, 2.24) is 5.32 Å². The molecule has 0 aliphatic carbocycles. The minimum Gasteiger partial charge on any atom is -0.311 e. The lowest BCUT2D eigenvalue weighted by atomic mass is 9.87. The average molecular weight is 99.2 g/mol. The summed E-state index contributed by atoms with van der Waals surface area (Å²) in [5.74, 6) is 0.889. The fourth-order valence-corrected chi connectivity index (χ4v) is 1.03. The minimum absolute atomic E-state index is 0.759. The van der Waals surface area contributed by atoms with Crippen molar-refractivity contribution in [1.29, 1.82) is 0 Å². The van der Waals surface area contributed by atoms with Crippen molar-refractivity contribution < 1.29 is 0 Å². The molecule has 0 amide bonds. The highest BCUT2D eigenvalue weighted by Crippen LogP contribution is 2.18. The summed E-state index contributed by atoms with van der Waals surface area (Å²) in [6.45, 7) is 6.74. The summed E-state index contributed by atoms with van der Waals surface area (Å²) in [7, 11) is 0. The Hall–Kier alpha value is -0.0400. The van der Waals surface area contributed by atoms with Crippen molar-refractivity contribution in [3.63, 3.8) is 0 Å². The Morgan fingerprint density at radius 1 is 1.00 bits per heavy atom. The van der Waals surface area contributed by atoms with E-state index in [1.165, 1.54) is 0 Å². The van der Waals surface area contributed by atoms with Gasteiger partial charge in [-0.2, -0.15) is 0 Å². The van der Waals surface area contributed by atoms with Crippen LogP contribution in [0.3, 0.4) is 0 Å². The van der Waals surface area contributed by atoms with Crippen molar-refractivity contribution in [2.24, 2.45) is 5.92 Å². The lowest BCUT2D eigenvalue weighted by Crippen LogP contribution is -2.56. The Bertz CT molecular complexity index is 62.6. The third-order valence-electron chi connectivity index (χ3n) is 2.10. The van der Waals surface area contributed by atoms with Crippen LogP contribution in [0.4, 0.5) is 0 Å². The molecule has 42 valence electrons. The Morgan fingerprint density at radius 2 is 1.43 bits per heavy atom. The molecular formula is C6H13N. The van der Waals surface area contributed by atoms with E-state index in [9.17, 15) is 0 Å². The van der Waals surface area contributed by atoms with Crippen LogP contribution in [0.5, 0.6) is 0 Å². The minimum atomic E-state index is 0.759.